The summed E-state index contributed by atoms with van der Waals surface area (Å²) in [4.78, 5) is 26.3. The molecule has 0 bridgehead atoms. The van der Waals surface area contributed by atoms with Crippen molar-refractivity contribution in [1.82, 2.24) is 29.4 Å². The Morgan fingerprint density at radius 2 is 2.14 bits per heavy atom. The highest BCUT2D eigenvalue weighted by Crippen LogP contribution is 2.39. The molecule has 0 saturated heterocycles. The Hall–Kier alpha value is -2.38. The van der Waals surface area contributed by atoms with Gasteiger partial charge < -0.3 is 4.90 Å². The Morgan fingerprint density at radius 3 is 2.91 bits per heavy atom. The van der Waals surface area contributed by atoms with Crippen LogP contribution < -0.4 is 5.69 Å². The van der Waals surface area contributed by atoms with E-state index in [1.807, 2.05) is 6.07 Å². The van der Waals surface area contributed by atoms with Crippen LogP contribution in [0.1, 0.15) is 40.8 Å². The van der Waals surface area contributed by atoms with E-state index in [-0.39, 0.29) is 11.6 Å². The van der Waals surface area contributed by atoms with Crippen LogP contribution in [0.15, 0.2) is 10.9 Å². The molecule has 4 rings (SSSR count). The summed E-state index contributed by atoms with van der Waals surface area (Å²) >= 11 is 0. The van der Waals surface area contributed by atoms with Crippen LogP contribution in [-0.4, -0.2) is 48.4 Å². The van der Waals surface area contributed by atoms with E-state index in [2.05, 4.69) is 15.3 Å². The SMILES string of the molecule is Cn1nc2n(c1=O)CCN(C(=O)c1cc(C3CC3)[nH]n1)CC2. The summed E-state index contributed by atoms with van der Waals surface area (Å²) in [5.74, 6) is 1.21. The number of aromatic nitrogens is 5. The minimum atomic E-state index is -0.125. The second-order valence-corrected chi connectivity index (χ2v) is 6.00. The van der Waals surface area contributed by atoms with Crippen molar-refractivity contribution in [2.75, 3.05) is 13.1 Å². The third-order valence-corrected chi connectivity index (χ3v) is 4.40. The first-order valence-corrected chi connectivity index (χ1v) is 7.61. The number of hydrogen-bond acceptors (Lipinski definition) is 4. The minimum absolute atomic E-state index is 0.0780. The predicted molar refractivity (Wildman–Crippen MR) is 77.6 cm³/mol. The highest BCUT2D eigenvalue weighted by molar-refractivity contribution is 5.92. The molecule has 0 unspecified atom stereocenters. The molecular weight excluding hydrogens is 284 g/mol. The van der Waals surface area contributed by atoms with E-state index < -0.39 is 0 Å². The van der Waals surface area contributed by atoms with Gasteiger partial charge in [-0.05, 0) is 18.9 Å². The lowest BCUT2D eigenvalue weighted by Gasteiger charge is -2.18. The molecule has 116 valence electrons. The average molecular weight is 302 g/mol. The van der Waals surface area contributed by atoms with Gasteiger partial charge >= 0.3 is 5.69 Å². The number of nitrogens with one attached hydrogen (secondary N) is 1. The van der Waals surface area contributed by atoms with Gasteiger partial charge in [0.2, 0.25) is 0 Å². The summed E-state index contributed by atoms with van der Waals surface area (Å²) in [5, 5.41) is 11.3. The van der Waals surface area contributed by atoms with E-state index in [4.69, 9.17) is 0 Å². The fraction of sp³-hybridized carbons (Fsp3) is 0.571. The quantitative estimate of drug-likeness (QED) is 0.837. The molecule has 8 heteroatoms. The molecule has 3 heterocycles. The molecule has 2 aromatic heterocycles. The van der Waals surface area contributed by atoms with Crippen LogP contribution in [0.5, 0.6) is 0 Å². The van der Waals surface area contributed by atoms with E-state index in [9.17, 15) is 9.59 Å². The predicted octanol–water partition coefficient (Wildman–Crippen LogP) is -0.119. The summed E-state index contributed by atoms with van der Waals surface area (Å²) in [6, 6.07) is 1.86. The molecule has 1 fully saturated rings. The van der Waals surface area contributed by atoms with Crippen molar-refractivity contribution in [3.63, 3.8) is 0 Å². The first-order chi connectivity index (χ1) is 10.6. The van der Waals surface area contributed by atoms with Gasteiger partial charge in [0.05, 0.1) is 0 Å². The van der Waals surface area contributed by atoms with Gasteiger partial charge in [0, 0.05) is 44.7 Å². The standard InChI is InChI=1S/C14H18N6O2/c1-18-14(22)20-7-6-19(5-4-12(20)17-18)13(21)11-8-10(15-16-11)9-2-3-9/h8-9H,2-7H2,1H3,(H,15,16). The topological polar surface area (TPSA) is 88.8 Å². The summed E-state index contributed by atoms with van der Waals surface area (Å²) in [7, 11) is 1.65. The number of amides is 1. The highest BCUT2D eigenvalue weighted by Gasteiger charge is 2.28. The summed E-state index contributed by atoms with van der Waals surface area (Å²) in [5.41, 5.74) is 1.40. The second kappa shape index (κ2) is 4.82. The summed E-state index contributed by atoms with van der Waals surface area (Å²) < 4.78 is 3.00. The lowest BCUT2D eigenvalue weighted by atomic mass is 10.2. The zero-order valence-corrected chi connectivity index (χ0v) is 12.4. The van der Waals surface area contributed by atoms with Crippen LogP contribution in [0.2, 0.25) is 0 Å². The van der Waals surface area contributed by atoms with Gasteiger partial charge in [0.25, 0.3) is 5.91 Å². The number of aromatic amines is 1. The number of rotatable bonds is 2. The third-order valence-electron chi connectivity index (χ3n) is 4.40. The molecule has 0 aromatic carbocycles. The van der Waals surface area contributed by atoms with Crippen LogP contribution in [0.4, 0.5) is 0 Å². The van der Waals surface area contributed by atoms with Crippen molar-refractivity contribution in [3.05, 3.63) is 33.8 Å². The highest BCUT2D eigenvalue weighted by atomic mass is 16.2. The Balaban J connectivity index is 1.51. The lowest BCUT2D eigenvalue weighted by molar-refractivity contribution is 0.0752. The van der Waals surface area contributed by atoms with Gasteiger partial charge in [-0.15, -0.1) is 0 Å². The van der Waals surface area contributed by atoms with Crippen LogP contribution in [0.25, 0.3) is 0 Å². The number of carbonyl (C=O) groups excluding carboxylic acids is 1. The largest absolute Gasteiger partial charge is 0.345 e. The smallest absolute Gasteiger partial charge is 0.335 e. The summed E-state index contributed by atoms with van der Waals surface area (Å²) in [6.07, 6.45) is 2.93. The maximum atomic E-state index is 12.6. The number of aryl methyl sites for hydroxylation is 1. The Labute approximate surface area is 126 Å². The van der Waals surface area contributed by atoms with E-state index in [0.29, 0.717) is 37.7 Å². The van der Waals surface area contributed by atoms with E-state index in [0.717, 1.165) is 11.5 Å². The van der Waals surface area contributed by atoms with Gasteiger partial charge in [-0.2, -0.15) is 10.2 Å². The maximum absolute atomic E-state index is 12.6. The Kier molecular flexibility index (Phi) is 2.91. The molecule has 0 radical (unpaired) electrons. The number of nitrogens with zero attached hydrogens (tertiary/aromatic N) is 5. The maximum Gasteiger partial charge on any atom is 0.345 e. The van der Waals surface area contributed by atoms with Crippen molar-refractivity contribution in [3.8, 4) is 0 Å². The van der Waals surface area contributed by atoms with E-state index in [1.165, 1.54) is 17.5 Å². The van der Waals surface area contributed by atoms with Crippen LogP contribution in [0, 0.1) is 0 Å². The van der Waals surface area contributed by atoms with Gasteiger partial charge in [-0.25, -0.2) is 9.48 Å². The molecule has 1 aliphatic heterocycles. The molecule has 2 aromatic rings. The molecule has 1 amide bonds. The van der Waals surface area contributed by atoms with Crippen LogP contribution in [0.3, 0.4) is 0 Å². The first kappa shape index (κ1) is 13.3. The molecule has 1 aliphatic carbocycles. The lowest BCUT2D eigenvalue weighted by Crippen LogP contribution is -2.35. The molecular formula is C14H18N6O2. The zero-order chi connectivity index (χ0) is 15.3. The van der Waals surface area contributed by atoms with Crippen LogP contribution in [-0.2, 0) is 20.0 Å². The number of carbonyl (C=O) groups is 1. The number of fused-ring (bicyclic) bond motifs is 1. The van der Waals surface area contributed by atoms with Crippen molar-refractivity contribution in [2.45, 2.75) is 31.7 Å². The number of H-pyrrole nitrogens is 1. The van der Waals surface area contributed by atoms with Gasteiger partial charge in [-0.1, -0.05) is 0 Å². The van der Waals surface area contributed by atoms with E-state index >= 15 is 0 Å². The molecule has 2 aliphatic rings. The first-order valence-electron chi connectivity index (χ1n) is 7.61. The normalized spacial score (nSPS) is 18.1. The fourth-order valence-corrected chi connectivity index (χ4v) is 2.95. The third kappa shape index (κ3) is 2.15. The Bertz CT molecular complexity index is 782. The Morgan fingerprint density at radius 1 is 1.32 bits per heavy atom. The fourth-order valence-electron chi connectivity index (χ4n) is 2.95. The average Bonchev–Trinajstić information content (AvgIpc) is 3.23. The minimum Gasteiger partial charge on any atom is -0.335 e. The zero-order valence-electron chi connectivity index (χ0n) is 12.4. The molecule has 0 spiro atoms. The molecule has 0 atom stereocenters. The summed E-state index contributed by atoms with van der Waals surface area (Å²) in [6.45, 7) is 1.54. The van der Waals surface area contributed by atoms with Crippen molar-refractivity contribution < 1.29 is 4.79 Å². The molecule has 8 nitrogen and oxygen atoms in total. The van der Waals surface area contributed by atoms with Gasteiger partial charge in [-0.3, -0.25) is 14.5 Å². The van der Waals surface area contributed by atoms with Gasteiger partial charge in [0.15, 0.2) is 0 Å². The van der Waals surface area contributed by atoms with Crippen molar-refractivity contribution in [1.29, 1.82) is 0 Å². The molecule has 1 N–H and O–H groups in total. The second-order valence-electron chi connectivity index (χ2n) is 6.00. The van der Waals surface area contributed by atoms with Crippen LogP contribution >= 0.6 is 0 Å². The van der Waals surface area contributed by atoms with Crippen molar-refractivity contribution in [2.24, 2.45) is 7.05 Å². The monoisotopic (exact) mass is 302 g/mol. The molecule has 1 saturated carbocycles. The number of hydrogen-bond donors (Lipinski definition) is 1. The van der Waals surface area contributed by atoms with Gasteiger partial charge in [0.1, 0.15) is 11.5 Å². The van der Waals surface area contributed by atoms with E-state index in [1.54, 1.807) is 16.5 Å². The van der Waals surface area contributed by atoms with Crippen molar-refractivity contribution >= 4 is 5.91 Å². The molecule has 22 heavy (non-hydrogen) atoms.